The summed E-state index contributed by atoms with van der Waals surface area (Å²) >= 11 is 0. The molecule has 0 unspecified atom stereocenters. The Hall–Kier alpha value is -2.91. The number of hydrogen-bond acceptors (Lipinski definition) is 5. The van der Waals surface area contributed by atoms with Crippen LogP contribution in [0.2, 0.25) is 0 Å². The summed E-state index contributed by atoms with van der Waals surface area (Å²) in [5.41, 5.74) is 2.86. The SMILES string of the molecule is Cc1cc2c(cc1S(=O)(=O)N1CCC[C@H](C(=O)Nc3ccc(C(C)C)cc3)C1)OCC(=O)N2. The van der Waals surface area contributed by atoms with Crippen LogP contribution in [0, 0.1) is 12.8 Å². The number of anilines is 2. The van der Waals surface area contributed by atoms with Gasteiger partial charge in [-0.15, -0.1) is 0 Å². The maximum absolute atomic E-state index is 13.4. The first-order chi connectivity index (χ1) is 15.6. The molecule has 2 aromatic rings. The predicted molar refractivity (Wildman–Crippen MR) is 126 cm³/mol. The second kappa shape index (κ2) is 9.15. The van der Waals surface area contributed by atoms with Crippen molar-refractivity contribution in [2.45, 2.75) is 44.4 Å². The molecule has 2 aromatic carbocycles. The van der Waals surface area contributed by atoms with Crippen LogP contribution in [0.25, 0.3) is 0 Å². The lowest BCUT2D eigenvalue weighted by Crippen LogP contribution is -2.43. The van der Waals surface area contributed by atoms with Crippen LogP contribution in [0.3, 0.4) is 0 Å². The highest BCUT2D eigenvalue weighted by atomic mass is 32.2. The first-order valence-corrected chi connectivity index (χ1v) is 12.6. The number of ether oxygens (including phenoxy) is 1. The molecule has 2 heterocycles. The van der Waals surface area contributed by atoms with Crippen molar-refractivity contribution in [3.05, 3.63) is 47.5 Å². The monoisotopic (exact) mass is 471 g/mol. The Balaban J connectivity index is 1.49. The first-order valence-electron chi connectivity index (χ1n) is 11.1. The molecule has 1 saturated heterocycles. The molecule has 0 aromatic heterocycles. The Bertz CT molecular complexity index is 1180. The molecule has 33 heavy (non-hydrogen) atoms. The Morgan fingerprint density at radius 2 is 1.94 bits per heavy atom. The summed E-state index contributed by atoms with van der Waals surface area (Å²) in [4.78, 5) is 24.6. The second-order valence-electron chi connectivity index (χ2n) is 8.92. The molecular weight excluding hydrogens is 442 g/mol. The molecule has 2 N–H and O–H groups in total. The highest BCUT2D eigenvalue weighted by Crippen LogP contribution is 2.35. The molecule has 8 nitrogen and oxygen atoms in total. The molecule has 2 aliphatic rings. The van der Waals surface area contributed by atoms with Crippen LogP contribution < -0.4 is 15.4 Å². The zero-order valence-electron chi connectivity index (χ0n) is 19.1. The Morgan fingerprint density at radius 1 is 1.21 bits per heavy atom. The molecule has 0 spiro atoms. The largest absolute Gasteiger partial charge is 0.482 e. The van der Waals surface area contributed by atoms with E-state index in [1.807, 2.05) is 24.3 Å². The van der Waals surface area contributed by atoms with Gasteiger partial charge in [0.15, 0.2) is 6.61 Å². The number of rotatable bonds is 5. The molecule has 1 atom stereocenters. The zero-order chi connectivity index (χ0) is 23.8. The van der Waals surface area contributed by atoms with Crippen molar-refractivity contribution >= 4 is 33.2 Å². The molecule has 0 saturated carbocycles. The van der Waals surface area contributed by atoms with Gasteiger partial charge in [0.1, 0.15) is 5.75 Å². The van der Waals surface area contributed by atoms with E-state index in [2.05, 4.69) is 24.5 Å². The van der Waals surface area contributed by atoms with Crippen LogP contribution in [0.15, 0.2) is 41.3 Å². The van der Waals surface area contributed by atoms with Gasteiger partial charge in [-0.2, -0.15) is 4.31 Å². The number of carbonyl (C=O) groups is 2. The van der Waals surface area contributed by atoms with Gasteiger partial charge in [-0.25, -0.2) is 8.42 Å². The summed E-state index contributed by atoms with van der Waals surface area (Å²) in [6.45, 7) is 6.21. The molecule has 1 fully saturated rings. The molecule has 0 aliphatic carbocycles. The number of nitrogens with one attached hydrogen (secondary N) is 2. The van der Waals surface area contributed by atoms with Crippen molar-refractivity contribution in [3.63, 3.8) is 0 Å². The standard InChI is InChI=1S/C24H29N3O5S/c1-15(2)17-6-8-19(9-7-17)25-24(29)18-5-4-10-27(13-18)33(30,31)22-12-21-20(11-16(22)3)26-23(28)14-32-21/h6-9,11-12,15,18H,4-5,10,13-14H2,1-3H3,(H,25,29)(H,26,28)/t18-/m0/s1. The van der Waals surface area contributed by atoms with E-state index in [4.69, 9.17) is 4.74 Å². The predicted octanol–water partition coefficient (Wildman–Crippen LogP) is 3.49. The van der Waals surface area contributed by atoms with Crippen LogP contribution >= 0.6 is 0 Å². The van der Waals surface area contributed by atoms with Crippen LogP contribution in [0.1, 0.15) is 43.7 Å². The van der Waals surface area contributed by atoms with Gasteiger partial charge in [0.05, 0.1) is 16.5 Å². The molecule has 4 rings (SSSR count). The average molecular weight is 472 g/mol. The highest BCUT2D eigenvalue weighted by Gasteiger charge is 2.35. The van der Waals surface area contributed by atoms with Crippen molar-refractivity contribution in [2.24, 2.45) is 5.92 Å². The second-order valence-corrected chi connectivity index (χ2v) is 10.8. The Labute approximate surface area is 194 Å². The molecule has 2 amide bonds. The van der Waals surface area contributed by atoms with Gasteiger partial charge in [0, 0.05) is 24.8 Å². The minimum absolute atomic E-state index is 0.117. The molecule has 2 aliphatic heterocycles. The smallest absolute Gasteiger partial charge is 0.262 e. The molecule has 176 valence electrons. The van der Waals surface area contributed by atoms with E-state index >= 15 is 0 Å². The maximum Gasteiger partial charge on any atom is 0.262 e. The van der Waals surface area contributed by atoms with Crippen molar-refractivity contribution in [1.82, 2.24) is 4.31 Å². The number of aryl methyl sites for hydroxylation is 1. The van der Waals surface area contributed by atoms with Gasteiger partial charge in [-0.3, -0.25) is 9.59 Å². The van der Waals surface area contributed by atoms with Crippen molar-refractivity contribution in [1.29, 1.82) is 0 Å². The van der Waals surface area contributed by atoms with Gasteiger partial charge >= 0.3 is 0 Å². The number of sulfonamides is 1. The Kier molecular flexibility index (Phi) is 6.45. The van der Waals surface area contributed by atoms with E-state index in [1.165, 1.54) is 15.9 Å². The van der Waals surface area contributed by atoms with Crippen molar-refractivity contribution in [2.75, 3.05) is 30.3 Å². The van der Waals surface area contributed by atoms with Crippen LogP contribution in [0.4, 0.5) is 11.4 Å². The summed E-state index contributed by atoms with van der Waals surface area (Å²) in [5.74, 6) is -0.163. The van der Waals surface area contributed by atoms with Gasteiger partial charge in [0.25, 0.3) is 5.91 Å². The summed E-state index contributed by atoms with van der Waals surface area (Å²) < 4.78 is 33.7. The van der Waals surface area contributed by atoms with Crippen LogP contribution in [-0.2, 0) is 19.6 Å². The number of amides is 2. The van der Waals surface area contributed by atoms with Crippen molar-refractivity contribution < 1.29 is 22.7 Å². The van der Waals surface area contributed by atoms with Crippen molar-refractivity contribution in [3.8, 4) is 5.75 Å². The van der Waals surface area contributed by atoms with E-state index in [0.29, 0.717) is 48.0 Å². The summed E-state index contributed by atoms with van der Waals surface area (Å²) in [6.07, 6.45) is 1.22. The molecule has 9 heteroatoms. The normalized spacial score (nSPS) is 18.9. The van der Waals surface area contributed by atoms with Crippen LogP contribution in [0.5, 0.6) is 5.75 Å². The van der Waals surface area contributed by atoms with E-state index in [9.17, 15) is 18.0 Å². The fourth-order valence-electron chi connectivity index (χ4n) is 4.20. The third-order valence-electron chi connectivity index (χ3n) is 6.13. The first kappa shape index (κ1) is 23.3. The summed E-state index contributed by atoms with van der Waals surface area (Å²) in [7, 11) is -3.83. The number of benzene rings is 2. The van der Waals surface area contributed by atoms with Gasteiger partial charge in [-0.1, -0.05) is 26.0 Å². The fourth-order valence-corrected chi connectivity index (χ4v) is 5.95. The van der Waals surface area contributed by atoms with Gasteiger partial charge < -0.3 is 15.4 Å². The highest BCUT2D eigenvalue weighted by molar-refractivity contribution is 7.89. The summed E-state index contributed by atoms with van der Waals surface area (Å²) in [6, 6.07) is 10.8. The minimum Gasteiger partial charge on any atom is -0.482 e. The quantitative estimate of drug-likeness (QED) is 0.695. The van der Waals surface area contributed by atoms with E-state index in [0.717, 1.165) is 0 Å². The van der Waals surface area contributed by atoms with E-state index in [-0.39, 0.29) is 29.9 Å². The molecular formula is C24H29N3O5S. The molecule has 0 bridgehead atoms. The third kappa shape index (κ3) is 4.89. The van der Waals surface area contributed by atoms with E-state index < -0.39 is 15.9 Å². The Morgan fingerprint density at radius 3 is 2.64 bits per heavy atom. The van der Waals surface area contributed by atoms with Gasteiger partial charge in [0.2, 0.25) is 15.9 Å². The lowest BCUT2D eigenvalue weighted by atomic mass is 9.98. The lowest BCUT2D eigenvalue weighted by Gasteiger charge is -2.32. The number of piperidine rings is 1. The topological polar surface area (TPSA) is 105 Å². The average Bonchev–Trinajstić information content (AvgIpc) is 2.78. The number of fused-ring (bicyclic) bond motifs is 1. The number of carbonyl (C=O) groups excluding carboxylic acids is 2. The number of hydrogen-bond donors (Lipinski definition) is 2. The number of nitrogens with zero attached hydrogens (tertiary/aromatic N) is 1. The van der Waals surface area contributed by atoms with Crippen LogP contribution in [-0.4, -0.2) is 44.2 Å². The zero-order valence-corrected chi connectivity index (χ0v) is 19.9. The fraction of sp³-hybridized carbons (Fsp3) is 0.417. The summed E-state index contributed by atoms with van der Waals surface area (Å²) in [5, 5.41) is 5.61. The minimum atomic E-state index is -3.83. The van der Waals surface area contributed by atoms with E-state index in [1.54, 1.807) is 13.0 Å². The lowest BCUT2D eigenvalue weighted by molar-refractivity contribution is -0.121. The molecule has 0 radical (unpaired) electrons. The maximum atomic E-state index is 13.4. The third-order valence-corrected chi connectivity index (χ3v) is 8.13. The van der Waals surface area contributed by atoms with Gasteiger partial charge in [-0.05, 0) is 55.0 Å².